The quantitative estimate of drug-likeness (QED) is 0.142. The molecule has 2 heterocycles. The lowest BCUT2D eigenvalue weighted by Crippen LogP contribution is -2.60. The Morgan fingerprint density at radius 1 is 0.887 bits per heavy atom. The molecule has 2 saturated heterocycles. The first-order valence-electron chi connectivity index (χ1n) is 22.7. The number of carbonyl (C=O) groups is 5. The molecule has 0 aromatic heterocycles. The van der Waals surface area contributed by atoms with E-state index in [1.165, 1.54) is 0 Å². The third-order valence-corrected chi connectivity index (χ3v) is 14.0. The predicted octanol–water partition coefficient (Wildman–Crippen LogP) is 4.36. The van der Waals surface area contributed by atoms with Crippen LogP contribution in [0.15, 0.2) is 54.6 Å². The van der Waals surface area contributed by atoms with Crippen LogP contribution in [-0.2, 0) is 46.4 Å². The number of likely N-dealkylation sites (N-methyl/N-ethyl adjacent to an activating group) is 2. The maximum atomic E-state index is 14.4. The van der Waals surface area contributed by atoms with Gasteiger partial charge in [0.2, 0.25) is 29.5 Å². The van der Waals surface area contributed by atoms with Crippen LogP contribution in [0.25, 0.3) is 0 Å². The molecule has 2 aromatic carbocycles. The van der Waals surface area contributed by atoms with E-state index in [0.717, 1.165) is 43.2 Å². The number of hydrogen-bond acceptors (Lipinski definition) is 9. The molecule has 5 N–H and O–H groups in total. The lowest BCUT2D eigenvalue weighted by atomic mass is 9.89. The Morgan fingerprint density at radius 3 is 2.16 bits per heavy atom. The number of fused-ring (bicyclic) bond motifs is 2. The molecule has 3 fully saturated rings. The number of benzene rings is 2. The van der Waals surface area contributed by atoms with Crippen molar-refractivity contribution in [3.8, 4) is 0 Å². The molecule has 1 aliphatic carbocycles. The van der Waals surface area contributed by atoms with Crippen LogP contribution in [0.1, 0.15) is 90.7 Å². The van der Waals surface area contributed by atoms with Gasteiger partial charge in [-0.15, -0.1) is 0 Å². The largest absolute Gasteiger partial charge is 0.379 e. The lowest BCUT2D eigenvalue weighted by Gasteiger charge is -2.41. The number of carbonyl (C=O) groups excluding carboxylic acids is 5. The van der Waals surface area contributed by atoms with Crippen molar-refractivity contribution in [2.24, 2.45) is 29.4 Å². The Morgan fingerprint density at radius 2 is 1.58 bits per heavy atom. The molecule has 14 heteroatoms. The zero-order valence-corrected chi connectivity index (χ0v) is 38.5. The van der Waals surface area contributed by atoms with Gasteiger partial charge in [0.25, 0.3) is 0 Å². The molecular weight excluding hydrogens is 787 g/mol. The predicted molar refractivity (Wildman–Crippen MR) is 241 cm³/mol. The van der Waals surface area contributed by atoms with Crippen molar-refractivity contribution < 1.29 is 33.4 Å². The Kier molecular flexibility index (Phi) is 17.5. The number of ether oxygens (including phenoxy) is 2. The molecule has 0 spiro atoms. The average Bonchev–Trinajstić information content (AvgIpc) is 4.03. The van der Waals surface area contributed by atoms with Crippen LogP contribution in [0.4, 0.5) is 5.69 Å². The Balaban J connectivity index is 1.27. The van der Waals surface area contributed by atoms with Gasteiger partial charge in [0.05, 0.1) is 42.7 Å². The Labute approximate surface area is 369 Å². The van der Waals surface area contributed by atoms with Gasteiger partial charge in [0.15, 0.2) is 0 Å². The highest BCUT2D eigenvalue weighted by Gasteiger charge is 2.49. The summed E-state index contributed by atoms with van der Waals surface area (Å²) in [6.07, 6.45) is 4.23. The maximum absolute atomic E-state index is 14.4. The van der Waals surface area contributed by atoms with E-state index in [1.807, 2.05) is 63.4 Å². The zero-order valence-electron chi connectivity index (χ0n) is 38.5. The van der Waals surface area contributed by atoms with Gasteiger partial charge < -0.3 is 41.0 Å². The molecule has 2 aromatic rings. The molecule has 1 saturated carbocycles. The molecule has 3 aliphatic rings. The van der Waals surface area contributed by atoms with Crippen molar-refractivity contribution in [3.05, 3.63) is 65.7 Å². The number of nitrogens with one attached hydrogen (secondary N) is 3. The lowest BCUT2D eigenvalue weighted by molar-refractivity contribution is -0.148. The van der Waals surface area contributed by atoms with Gasteiger partial charge in [-0.05, 0) is 80.2 Å². The van der Waals surface area contributed by atoms with E-state index in [1.54, 1.807) is 50.1 Å². The fourth-order valence-corrected chi connectivity index (χ4v) is 10.2. The fraction of sp³-hybridized carbons (Fsp3) is 0.646. The molecular formula is C48H73N7O7. The number of anilines is 1. The van der Waals surface area contributed by atoms with Crippen LogP contribution in [0.5, 0.6) is 0 Å². The second kappa shape index (κ2) is 22.3. The van der Waals surface area contributed by atoms with Crippen molar-refractivity contribution >= 4 is 35.2 Å². The highest BCUT2D eigenvalue weighted by molar-refractivity contribution is 5.97. The highest BCUT2D eigenvalue weighted by Crippen LogP contribution is 2.41. The molecule has 342 valence electrons. The first kappa shape index (κ1) is 48.7. The number of likely N-dealkylation sites (tertiary alicyclic amines) is 2. The monoisotopic (exact) mass is 860 g/mol. The summed E-state index contributed by atoms with van der Waals surface area (Å²) < 4.78 is 12.1. The molecule has 2 aliphatic heterocycles. The number of nitrogens with two attached hydrogens (primary N) is 1. The molecule has 14 nitrogen and oxygen atoms in total. The van der Waals surface area contributed by atoms with Crippen LogP contribution in [0, 0.1) is 23.7 Å². The highest BCUT2D eigenvalue weighted by atomic mass is 16.5. The van der Waals surface area contributed by atoms with Crippen LogP contribution >= 0.6 is 0 Å². The standard InChI is InChI=1S/C48H73N7O7/c1-10-30(4)42(54(7)48(60)41(29(2)3)52-47(59)43-34-20-23-36(26-34)53(43)6)39(61-8)27-40(56)55-24-14-17-38(55)44(62-9)31(5)45(57)51-37(25-32-15-12-11-13-16-32)46(58)50-35-21-18-33(28-49)19-22-35/h11-13,15-16,18-19,21-22,29-31,34,36-39,41-44H,10,14,17,20,23-28,49H2,1-9H3,(H,50,58)(H,51,57)(H,52,59)/t30-,31+,34-,36+,37?,38?,39+,41?,42-,43-,44+/m0/s1. The summed E-state index contributed by atoms with van der Waals surface area (Å²) in [6.45, 7) is 10.6. The molecule has 2 bridgehead atoms. The molecule has 62 heavy (non-hydrogen) atoms. The van der Waals surface area contributed by atoms with E-state index < -0.39 is 42.3 Å². The molecule has 3 unspecified atom stereocenters. The van der Waals surface area contributed by atoms with Gasteiger partial charge >= 0.3 is 0 Å². The summed E-state index contributed by atoms with van der Waals surface area (Å²) in [4.78, 5) is 76.0. The van der Waals surface area contributed by atoms with Crippen molar-refractivity contribution in [2.45, 2.75) is 141 Å². The van der Waals surface area contributed by atoms with Crippen LogP contribution in [0.3, 0.4) is 0 Å². The number of amides is 5. The fourth-order valence-electron chi connectivity index (χ4n) is 10.2. The maximum Gasteiger partial charge on any atom is 0.247 e. The van der Waals surface area contributed by atoms with Gasteiger partial charge in [0, 0.05) is 52.5 Å². The molecule has 0 radical (unpaired) electrons. The third kappa shape index (κ3) is 11.4. The van der Waals surface area contributed by atoms with Gasteiger partial charge in [-0.2, -0.15) is 0 Å². The van der Waals surface area contributed by atoms with Gasteiger partial charge in [-0.1, -0.05) is 83.5 Å². The Bertz CT molecular complexity index is 1810. The van der Waals surface area contributed by atoms with E-state index in [0.29, 0.717) is 37.2 Å². The first-order chi connectivity index (χ1) is 29.6. The minimum atomic E-state index is -0.886. The number of nitrogens with zero attached hydrogens (tertiary/aromatic N) is 3. The van der Waals surface area contributed by atoms with Crippen LogP contribution < -0.4 is 21.7 Å². The zero-order chi connectivity index (χ0) is 45.2. The summed E-state index contributed by atoms with van der Waals surface area (Å²) in [6, 6.07) is 14.5. The summed E-state index contributed by atoms with van der Waals surface area (Å²) >= 11 is 0. The van der Waals surface area contributed by atoms with Crippen LogP contribution in [0.2, 0.25) is 0 Å². The molecule has 11 atom stereocenters. The summed E-state index contributed by atoms with van der Waals surface area (Å²) in [7, 11) is 6.88. The van der Waals surface area contributed by atoms with Crippen LogP contribution in [-0.4, -0.2) is 128 Å². The second-order valence-corrected chi connectivity index (χ2v) is 18.3. The SMILES string of the molecule is CC[C@H](C)[C@@H]([C@@H](CC(=O)N1CCCC1[C@H](OC)[C@@H](C)C(=O)NC(Cc1ccccc1)C(=O)Nc1ccc(CN)cc1)OC)N(C)C(=O)C(NC(=O)[C@@H]1[C@H]2CC[C@H](C2)N1C)C(C)C. The topological polar surface area (TPSA) is 176 Å². The van der Waals surface area contributed by atoms with Gasteiger partial charge in [-0.3, -0.25) is 28.9 Å². The van der Waals surface area contributed by atoms with E-state index in [-0.39, 0.29) is 60.3 Å². The van der Waals surface area contributed by atoms with Gasteiger partial charge in [-0.25, -0.2) is 0 Å². The first-order valence-corrected chi connectivity index (χ1v) is 22.7. The van der Waals surface area contributed by atoms with Crippen molar-refractivity contribution in [2.75, 3.05) is 40.2 Å². The molecule has 5 amide bonds. The molecule has 5 rings (SSSR count). The summed E-state index contributed by atoms with van der Waals surface area (Å²) in [5, 5.41) is 9.08. The Hall–Kier alpha value is -4.37. The second-order valence-electron chi connectivity index (χ2n) is 18.3. The number of rotatable bonds is 21. The summed E-state index contributed by atoms with van der Waals surface area (Å²) in [5.41, 5.74) is 8.17. The van der Waals surface area contributed by atoms with Crippen molar-refractivity contribution in [3.63, 3.8) is 0 Å². The minimum absolute atomic E-state index is 0.0108. The smallest absolute Gasteiger partial charge is 0.247 e. The number of methoxy groups -OCH3 is 2. The number of hydrogen-bond donors (Lipinski definition) is 4. The van der Waals surface area contributed by atoms with Gasteiger partial charge in [0.1, 0.15) is 12.1 Å². The van der Waals surface area contributed by atoms with Crippen molar-refractivity contribution in [1.29, 1.82) is 0 Å². The van der Waals surface area contributed by atoms with E-state index >= 15 is 0 Å². The average molecular weight is 860 g/mol. The third-order valence-electron chi connectivity index (χ3n) is 14.0. The minimum Gasteiger partial charge on any atom is -0.379 e. The van der Waals surface area contributed by atoms with Crippen molar-refractivity contribution in [1.82, 2.24) is 25.3 Å². The van der Waals surface area contributed by atoms with E-state index in [9.17, 15) is 24.0 Å². The van der Waals surface area contributed by atoms with E-state index in [2.05, 4.69) is 34.7 Å². The number of piperidine rings is 1. The van der Waals surface area contributed by atoms with E-state index in [4.69, 9.17) is 15.2 Å². The normalized spacial score (nSPS) is 23.2. The summed E-state index contributed by atoms with van der Waals surface area (Å²) in [5.74, 6) is -1.79.